The van der Waals surface area contributed by atoms with Gasteiger partial charge in [0.2, 0.25) is 5.91 Å². The molecule has 3 atom stereocenters. The van der Waals surface area contributed by atoms with Crippen molar-refractivity contribution in [1.29, 1.82) is 0 Å². The first-order valence-electron chi connectivity index (χ1n) is 4.66. The molecule has 2 fully saturated rings. The van der Waals surface area contributed by atoms with Crippen molar-refractivity contribution < 1.29 is 19.8 Å². The number of nitrogens with one attached hydrogen (secondary N) is 1. The SMILES string of the molecule is O=C1NC(C(=O)N2CC(O)C(O)C2)CS1. The largest absolute Gasteiger partial charge is 0.388 e. The van der Waals surface area contributed by atoms with Crippen LogP contribution in [0, 0.1) is 0 Å². The van der Waals surface area contributed by atoms with E-state index in [1.807, 2.05) is 0 Å². The van der Waals surface area contributed by atoms with E-state index in [-0.39, 0.29) is 24.2 Å². The maximum atomic E-state index is 11.8. The lowest BCUT2D eigenvalue weighted by Gasteiger charge is -2.19. The Labute approximate surface area is 90.6 Å². The smallest absolute Gasteiger partial charge is 0.279 e. The van der Waals surface area contributed by atoms with E-state index in [4.69, 9.17) is 0 Å². The summed E-state index contributed by atoms with van der Waals surface area (Å²) in [6.45, 7) is 0.272. The van der Waals surface area contributed by atoms with Crippen LogP contribution in [0.15, 0.2) is 0 Å². The summed E-state index contributed by atoms with van der Waals surface area (Å²) in [6, 6.07) is -0.514. The van der Waals surface area contributed by atoms with Gasteiger partial charge >= 0.3 is 0 Å². The second-order valence-electron chi connectivity index (χ2n) is 3.67. The van der Waals surface area contributed by atoms with E-state index in [9.17, 15) is 19.8 Å². The van der Waals surface area contributed by atoms with Crippen LogP contribution < -0.4 is 5.32 Å². The molecule has 7 heteroatoms. The number of hydrogen-bond acceptors (Lipinski definition) is 5. The topological polar surface area (TPSA) is 89.9 Å². The molecule has 2 aliphatic rings. The number of carbonyl (C=O) groups is 2. The van der Waals surface area contributed by atoms with Crippen LogP contribution >= 0.6 is 11.8 Å². The number of rotatable bonds is 1. The number of aliphatic hydroxyl groups excluding tert-OH is 2. The molecule has 0 saturated carbocycles. The Hall–Kier alpha value is -0.790. The lowest BCUT2D eigenvalue weighted by molar-refractivity contribution is -0.132. The fourth-order valence-electron chi connectivity index (χ4n) is 1.69. The second-order valence-corrected chi connectivity index (χ2v) is 4.67. The maximum Gasteiger partial charge on any atom is 0.279 e. The minimum Gasteiger partial charge on any atom is -0.388 e. The van der Waals surface area contributed by atoms with Crippen molar-refractivity contribution in [3.8, 4) is 0 Å². The van der Waals surface area contributed by atoms with Crippen LogP contribution in [-0.2, 0) is 4.79 Å². The summed E-state index contributed by atoms with van der Waals surface area (Å²) in [7, 11) is 0. The van der Waals surface area contributed by atoms with Gasteiger partial charge < -0.3 is 20.4 Å². The molecule has 15 heavy (non-hydrogen) atoms. The summed E-state index contributed by atoms with van der Waals surface area (Å²) in [4.78, 5) is 24.0. The van der Waals surface area contributed by atoms with Crippen molar-refractivity contribution in [2.45, 2.75) is 18.2 Å². The molecule has 0 aliphatic carbocycles. The quantitative estimate of drug-likeness (QED) is 0.505. The predicted molar refractivity (Wildman–Crippen MR) is 53.4 cm³/mol. The van der Waals surface area contributed by atoms with Crippen LogP contribution in [0.2, 0.25) is 0 Å². The Bertz CT molecular complexity index is 288. The minimum atomic E-state index is -0.876. The van der Waals surface area contributed by atoms with E-state index in [1.165, 1.54) is 4.90 Å². The lowest BCUT2D eigenvalue weighted by atomic mass is 10.3. The Kier molecular flexibility index (Phi) is 2.85. The third kappa shape index (κ3) is 2.09. The number of nitrogens with zero attached hydrogens (tertiary/aromatic N) is 1. The van der Waals surface area contributed by atoms with Gasteiger partial charge in [0.05, 0.1) is 12.2 Å². The molecule has 3 N–H and O–H groups in total. The first-order valence-corrected chi connectivity index (χ1v) is 5.64. The van der Waals surface area contributed by atoms with Gasteiger partial charge in [-0.3, -0.25) is 9.59 Å². The molecule has 0 aromatic rings. The fourth-order valence-corrected chi connectivity index (χ4v) is 2.46. The highest BCUT2D eigenvalue weighted by Crippen LogP contribution is 2.17. The average molecular weight is 232 g/mol. The molecule has 0 radical (unpaired) electrons. The number of hydrogen-bond donors (Lipinski definition) is 3. The molecule has 2 heterocycles. The molecule has 2 aliphatic heterocycles. The van der Waals surface area contributed by atoms with Crippen molar-refractivity contribution >= 4 is 22.9 Å². The van der Waals surface area contributed by atoms with Gasteiger partial charge in [-0.25, -0.2) is 0 Å². The van der Waals surface area contributed by atoms with E-state index in [2.05, 4.69) is 5.32 Å². The molecule has 0 bridgehead atoms. The van der Waals surface area contributed by atoms with Gasteiger partial charge in [-0.2, -0.15) is 0 Å². The summed E-state index contributed by atoms with van der Waals surface area (Å²) in [6.07, 6.45) is -1.75. The van der Waals surface area contributed by atoms with Crippen LogP contribution in [0.4, 0.5) is 4.79 Å². The van der Waals surface area contributed by atoms with Crippen LogP contribution in [-0.4, -0.2) is 63.4 Å². The number of amides is 2. The highest BCUT2D eigenvalue weighted by atomic mass is 32.2. The summed E-state index contributed by atoms with van der Waals surface area (Å²) in [5, 5.41) is 20.9. The van der Waals surface area contributed by atoms with E-state index in [0.717, 1.165) is 11.8 Å². The maximum absolute atomic E-state index is 11.8. The first kappa shape index (κ1) is 10.7. The third-order valence-electron chi connectivity index (χ3n) is 2.54. The van der Waals surface area contributed by atoms with E-state index in [1.54, 1.807) is 0 Å². The van der Waals surface area contributed by atoms with E-state index < -0.39 is 18.2 Å². The third-order valence-corrected chi connectivity index (χ3v) is 3.42. The van der Waals surface area contributed by atoms with Crippen LogP contribution in [0.3, 0.4) is 0 Å². The monoisotopic (exact) mass is 232 g/mol. The van der Waals surface area contributed by atoms with Gasteiger partial charge in [0.1, 0.15) is 6.04 Å². The van der Waals surface area contributed by atoms with Crippen molar-refractivity contribution in [1.82, 2.24) is 10.2 Å². The highest BCUT2D eigenvalue weighted by molar-refractivity contribution is 8.14. The lowest BCUT2D eigenvalue weighted by Crippen LogP contribution is -2.45. The fraction of sp³-hybridized carbons (Fsp3) is 0.750. The average Bonchev–Trinajstić information content (AvgIpc) is 2.74. The summed E-state index contributed by atoms with van der Waals surface area (Å²) in [5.74, 6) is 0.185. The molecular formula is C8H12N2O4S. The van der Waals surface area contributed by atoms with Crippen LogP contribution in [0.1, 0.15) is 0 Å². The van der Waals surface area contributed by atoms with Crippen molar-refractivity contribution in [2.24, 2.45) is 0 Å². The summed E-state index contributed by atoms with van der Waals surface area (Å²) < 4.78 is 0. The summed E-state index contributed by atoms with van der Waals surface area (Å²) >= 11 is 1.07. The van der Waals surface area contributed by atoms with Crippen LogP contribution in [0.5, 0.6) is 0 Å². The van der Waals surface area contributed by atoms with Gasteiger partial charge in [-0.05, 0) is 0 Å². The highest BCUT2D eigenvalue weighted by Gasteiger charge is 2.38. The molecule has 84 valence electrons. The number of carbonyl (C=O) groups excluding carboxylic acids is 2. The molecule has 0 aromatic carbocycles. The zero-order valence-electron chi connectivity index (χ0n) is 7.92. The molecule has 3 unspecified atom stereocenters. The van der Waals surface area contributed by atoms with E-state index >= 15 is 0 Å². The van der Waals surface area contributed by atoms with Gasteiger partial charge in [-0.15, -0.1) is 0 Å². The van der Waals surface area contributed by atoms with E-state index in [0.29, 0.717) is 5.75 Å². The number of β-amino-alcohol motifs (C(OH)–C–C–N with tert-alkyl or cyclic N) is 2. The zero-order valence-corrected chi connectivity index (χ0v) is 8.74. The van der Waals surface area contributed by atoms with Crippen molar-refractivity contribution in [3.05, 3.63) is 0 Å². The minimum absolute atomic E-state index is 0.136. The van der Waals surface area contributed by atoms with Gasteiger partial charge in [-0.1, -0.05) is 11.8 Å². The zero-order chi connectivity index (χ0) is 11.0. The normalized spacial score (nSPS) is 35.7. The van der Waals surface area contributed by atoms with Gasteiger partial charge in [0.25, 0.3) is 5.24 Å². The summed E-state index contributed by atoms with van der Waals surface area (Å²) in [5.41, 5.74) is 0. The Morgan fingerprint density at radius 2 is 2.00 bits per heavy atom. The Balaban J connectivity index is 1.94. The Morgan fingerprint density at radius 1 is 1.40 bits per heavy atom. The van der Waals surface area contributed by atoms with Crippen molar-refractivity contribution in [2.75, 3.05) is 18.8 Å². The second kappa shape index (κ2) is 3.99. The predicted octanol–water partition coefficient (Wildman–Crippen LogP) is -1.62. The molecular weight excluding hydrogens is 220 g/mol. The number of likely N-dealkylation sites (tertiary alicyclic amines) is 1. The van der Waals surface area contributed by atoms with Gasteiger partial charge in [0.15, 0.2) is 0 Å². The molecule has 2 rings (SSSR count). The number of thioether (sulfide) groups is 1. The van der Waals surface area contributed by atoms with Crippen LogP contribution in [0.25, 0.3) is 0 Å². The Morgan fingerprint density at radius 3 is 2.47 bits per heavy atom. The number of aliphatic hydroxyl groups is 2. The molecule has 2 saturated heterocycles. The molecule has 0 spiro atoms. The first-order chi connectivity index (χ1) is 7.08. The van der Waals surface area contributed by atoms with Gasteiger partial charge in [0, 0.05) is 18.8 Å². The van der Waals surface area contributed by atoms with Crippen molar-refractivity contribution in [3.63, 3.8) is 0 Å². The molecule has 2 amide bonds. The molecule has 0 aromatic heterocycles. The molecule has 6 nitrogen and oxygen atoms in total. The standard InChI is InChI=1S/C8H12N2O4S/c11-5-1-10(2-6(5)12)7(13)4-3-15-8(14)9-4/h4-6,11-12H,1-3H2,(H,9,14).